The van der Waals surface area contributed by atoms with E-state index in [1.54, 1.807) is 34.6 Å². The molecule has 0 spiro atoms. The van der Waals surface area contributed by atoms with Crippen LogP contribution in [0, 0.1) is 17.8 Å². The van der Waals surface area contributed by atoms with E-state index in [4.69, 9.17) is 5.73 Å². The maximum absolute atomic E-state index is 13.7. The van der Waals surface area contributed by atoms with Crippen LogP contribution in [0.4, 0.5) is 0 Å². The van der Waals surface area contributed by atoms with Crippen LogP contribution >= 0.6 is 0 Å². The maximum Gasteiger partial charge on any atom is 0.325 e. The fourth-order valence-corrected chi connectivity index (χ4v) is 6.98. The first-order chi connectivity index (χ1) is 32.6. The van der Waals surface area contributed by atoms with Gasteiger partial charge in [0.25, 0.3) is 0 Å². The summed E-state index contributed by atoms with van der Waals surface area (Å²) >= 11 is 0. The Morgan fingerprint density at radius 2 is 1.03 bits per heavy atom. The Morgan fingerprint density at radius 3 is 1.49 bits per heavy atom. The second kappa shape index (κ2) is 29.9. The summed E-state index contributed by atoms with van der Waals surface area (Å²) in [4.78, 5) is 143. The fourth-order valence-electron chi connectivity index (χ4n) is 6.98. The molecule has 0 bridgehead atoms. The minimum absolute atomic E-state index is 0.0921. The average Bonchev–Trinajstić information content (AvgIpc) is 3.82. The topological polar surface area (TPSA) is 415 Å². The molecule has 26 heteroatoms. The van der Waals surface area contributed by atoms with Crippen LogP contribution in [0.3, 0.4) is 0 Å². The number of hydrogen-bond donors (Lipinski definition) is 15. The number of hydrogen-bond acceptors (Lipinski definition) is 15. The number of nitrogens with one attached hydrogen (secondary N) is 10. The highest BCUT2D eigenvalue weighted by Gasteiger charge is 2.38. The van der Waals surface area contributed by atoms with Gasteiger partial charge in [-0.2, -0.15) is 0 Å². The summed E-state index contributed by atoms with van der Waals surface area (Å²) in [5.74, 6) is -11.6. The Kier molecular flexibility index (Phi) is 26.5. The van der Waals surface area contributed by atoms with Gasteiger partial charge in [-0.3, -0.25) is 52.7 Å². The van der Waals surface area contributed by atoms with Crippen LogP contribution < -0.4 is 58.9 Å². The highest BCUT2D eigenvalue weighted by atomic mass is 16.4. The van der Waals surface area contributed by atoms with Crippen LogP contribution in [0.25, 0.3) is 0 Å². The number of carboxylic acids is 1. The van der Waals surface area contributed by atoms with Crippen LogP contribution in [0.15, 0.2) is 0 Å². The first kappa shape index (κ1) is 62.0. The number of aliphatic carboxylic acids is 1. The largest absolute Gasteiger partial charge is 0.480 e. The minimum Gasteiger partial charge on any atom is -0.480 e. The van der Waals surface area contributed by atoms with Gasteiger partial charge in [0.2, 0.25) is 59.1 Å². The lowest BCUT2D eigenvalue weighted by Crippen LogP contribution is -2.63. The molecule has 1 rings (SSSR count). The summed E-state index contributed by atoms with van der Waals surface area (Å²) < 4.78 is 0. The lowest BCUT2D eigenvalue weighted by molar-refractivity contribution is -0.142. The zero-order valence-corrected chi connectivity index (χ0v) is 41.7. The predicted octanol–water partition coefficient (Wildman–Crippen LogP) is -5.01. The van der Waals surface area contributed by atoms with Crippen LogP contribution in [0.2, 0.25) is 0 Å². The van der Waals surface area contributed by atoms with Crippen molar-refractivity contribution in [2.45, 2.75) is 180 Å². The summed E-state index contributed by atoms with van der Waals surface area (Å²) in [6, 6.07) is -13.8. The second-order valence-corrected chi connectivity index (χ2v) is 18.5. The third kappa shape index (κ3) is 20.5. The van der Waals surface area contributed by atoms with Gasteiger partial charge in [-0.25, -0.2) is 0 Å². The van der Waals surface area contributed by atoms with E-state index in [1.807, 2.05) is 6.92 Å². The standard InChI is InChI=1S/C44H77N11O15/c1-11-21(6)32(53-36(61)26-13-12-16-46-26)41(66)52-31(20(4)5)40(65)51-29(18-56)39(64)55-34(25(10)58)43(68)49-27(14-15-30(45)59)37(62)54-33(24(9)57)42(67)47-22(7)35(60)50-28(17-19(2)3)38(63)48-23(8)44(69)70/h19-29,31-34,46,56-58H,11-18H2,1-10H3,(H2,45,59)(H,47,67)(H,48,63)(H,49,68)(H,50,60)(H,51,65)(H,52,66)(H,53,61)(H,54,62)(H,55,64)(H,69,70)/t21-,22-,23-,24+,25+,26-,27-,28-,29-,31-,32-,33-,34-/m0/s1. The number of aliphatic hydroxyl groups is 3. The zero-order valence-electron chi connectivity index (χ0n) is 41.7. The summed E-state index contributed by atoms with van der Waals surface area (Å²) in [7, 11) is 0. The molecule has 10 amide bonds. The molecular weight excluding hydrogens is 923 g/mol. The highest BCUT2D eigenvalue weighted by molar-refractivity contribution is 5.99. The molecule has 16 N–H and O–H groups in total. The number of aliphatic hydroxyl groups excluding tert-OH is 3. The average molecular weight is 1000 g/mol. The van der Waals surface area contributed by atoms with Crippen LogP contribution in [0.1, 0.15) is 108 Å². The number of amides is 10. The van der Waals surface area contributed by atoms with Crippen molar-refractivity contribution in [1.29, 1.82) is 0 Å². The molecular formula is C44H77N11O15. The summed E-state index contributed by atoms with van der Waals surface area (Å²) in [6.07, 6.45) is -2.40. The Balaban J connectivity index is 3.21. The van der Waals surface area contributed by atoms with Crippen molar-refractivity contribution in [3.05, 3.63) is 0 Å². The number of carboxylic acid groups (broad SMARTS) is 1. The molecule has 0 saturated carbocycles. The van der Waals surface area contributed by atoms with E-state index < -0.39 is 157 Å². The Labute approximate surface area is 407 Å². The molecule has 398 valence electrons. The smallest absolute Gasteiger partial charge is 0.325 e. The molecule has 0 unspecified atom stereocenters. The number of nitrogens with two attached hydrogens (primary N) is 1. The monoisotopic (exact) mass is 1000 g/mol. The summed E-state index contributed by atoms with van der Waals surface area (Å²) in [5.41, 5.74) is 5.30. The molecule has 13 atom stereocenters. The second-order valence-electron chi connectivity index (χ2n) is 18.5. The van der Waals surface area contributed by atoms with Gasteiger partial charge in [0.15, 0.2) is 0 Å². The molecule has 0 aromatic carbocycles. The molecule has 0 aliphatic carbocycles. The predicted molar refractivity (Wildman–Crippen MR) is 250 cm³/mol. The van der Waals surface area contributed by atoms with Crippen LogP contribution in [0.5, 0.6) is 0 Å². The van der Waals surface area contributed by atoms with Gasteiger partial charge in [0.1, 0.15) is 54.4 Å². The normalized spacial score (nSPS) is 18.6. The molecule has 0 radical (unpaired) electrons. The van der Waals surface area contributed by atoms with Crippen molar-refractivity contribution >= 4 is 65.0 Å². The number of primary amides is 1. The van der Waals surface area contributed by atoms with Gasteiger partial charge < -0.3 is 79.3 Å². The minimum atomic E-state index is -1.89. The van der Waals surface area contributed by atoms with Crippen molar-refractivity contribution in [3.8, 4) is 0 Å². The quantitative estimate of drug-likeness (QED) is 0.0320. The Hall–Kier alpha value is -5.99. The van der Waals surface area contributed by atoms with Crippen molar-refractivity contribution < 1.29 is 73.2 Å². The number of rotatable bonds is 30. The van der Waals surface area contributed by atoms with Gasteiger partial charge in [-0.15, -0.1) is 0 Å². The van der Waals surface area contributed by atoms with Crippen molar-refractivity contribution in [3.63, 3.8) is 0 Å². The van der Waals surface area contributed by atoms with E-state index in [-0.39, 0.29) is 24.2 Å². The van der Waals surface area contributed by atoms with Crippen molar-refractivity contribution in [2.75, 3.05) is 13.2 Å². The molecule has 26 nitrogen and oxygen atoms in total. The van der Waals surface area contributed by atoms with Crippen molar-refractivity contribution in [2.24, 2.45) is 23.5 Å². The van der Waals surface area contributed by atoms with E-state index in [1.165, 1.54) is 13.8 Å². The van der Waals surface area contributed by atoms with Crippen LogP contribution in [-0.2, 0) is 52.7 Å². The number of carbonyl (C=O) groups excluding carboxylic acids is 10. The lowest BCUT2D eigenvalue weighted by Gasteiger charge is -2.30. The highest BCUT2D eigenvalue weighted by Crippen LogP contribution is 2.13. The first-order valence-corrected chi connectivity index (χ1v) is 23.5. The van der Waals surface area contributed by atoms with Crippen molar-refractivity contribution in [1.82, 2.24) is 53.2 Å². The lowest BCUT2D eigenvalue weighted by atomic mass is 9.96. The van der Waals surface area contributed by atoms with E-state index in [0.29, 0.717) is 19.4 Å². The van der Waals surface area contributed by atoms with E-state index >= 15 is 0 Å². The van der Waals surface area contributed by atoms with E-state index in [0.717, 1.165) is 20.3 Å². The SMILES string of the molecule is CC[C@H](C)[C@H](NC(=O)[C@@H]1CCCN1)C(=O)N[C@H](C(=O)N[C@@H](CO)C(=O)N[C@H](C(=O)N[C@@H](CCC(N)=O)C(=O)N[C@H](C(=O)N[C@@H](C)C(=O)N[C@@H](CC(C)C)C(=O)N[C@@H](C)C(=O)O)[C@@H](C)O)[C@@H](C)O)C(C)C. The first-order valence-electron chi connectivity index (χ1n) is 23.5. The third-order valence-electron chi connectivity index (χ3n) is 11.5. The van der Waals surface area contributed by atoms with E-state index in [9.17, 15) is 73.2 Å². The molecule has 1 heterocycles. The summed E-state index contributed by atoms with van der Waals surface area (Å²) in [6.45, 7) is 14.6. The molecule has 1 saturated heterocycles. The van der Waals surface area contributed by atoms with Gasteiger partial charge in [-0.1, -0.05) is 48.0 Å². The van der Waals surface area contributed by atoms with E-state index in [2.05, 4.69) is 53.2 Å². The van der Waals surface area contributed by atoms with Gasteiger partial charge in [0, 0.05) is 6.42 Å². The number of carbonyl (C=O) groups is 11. The molecule has 0 aromatic rings. The van der Waals surface area contributed by atoms with Gasteiger partial charge in [0.05, 0.1) is 24.9 Å². The summed E-state index contributed by atoms with van der Waals surface area (Å²) in [5, 5.41) is 65.0. The molecule has 1 fully saturated rings. The molecule has 1 aliphatic heterocycles. The maximum atomic E-state index is 13.7. The third-order valence-corrected chi connectivity index (χ3v) is 11.5. The fraction of sp³-hybridized carbons (Fsp3) is 0.750. The Bertz CT molecular complexity index is 1840. The molecule has 70 heavy (non-hydrogen) atoms. The Morgan fingerprint density at radius 1 is 0.571 bits per heavy atom. The van der Waals surface area contributed by atoms with Gasteiger partial charge in [-0.05, 0) is 77.7 Å². The molecule has 1 aliphatic rings. The zero-order chi connectivity index (χ0) is 53.7. The van der Waals surface area contributed by atoms with Crippen LogP contribution in [-0.4, -0.2) is 171 Å². The molecule has 0 aromatic heterocycles. The van der Waals surface area contributed by atoms with Gasteiger partial charge >= 0.3 is 5.97 Å².